The molecule has 0 unspecified atom stereocenters. The van der Waals surface area contributed by atoms with Crippen molar-refractivity contribution in [2.24, 2.45) is 0 Å². The molecule has 0 aromatic heterocycles. The molecular formula is C8H6BrNO4. The molecule has 0 bridgehead atoms. The van der Waals surface area contributed by atoms with E-state index >= 15 is 0 Å². The van der Waals surface area contributed by atoms with Crippen LogP contribution in [-0.2, 0) is 0 Å². The third-order valence-electron chi connectivity index (χ3n) is 1.65. The van der Waals surface area contributed by atoms with Crippen molar-refractivity contribution in [3.8, 4) is 5.75 Å². The van der Waals surface area contributed by atoms with Gasteiger partial charge in [-0.3, -0.25) is 14.9 Å². The standard InChI is InChI=1S/C8H6BrNO4/c1-4(11)7-6(12)3-2-5(8(7)9)10(13)14/h2-3,12H,1H3. The summed E-state index contributed by atoms with van der Waals surface area (Å²) in [6.45, 7) is 1.23. The van der Waals surface area contributed by atoms with Crippen molar-refractivity contribution < 1.29 is 14.8 Å². The van der Waals surface area contributed by atoms with Crippen molar-refractivity contribution >= 4 is 27.4 Å². The lowest BCUT2D eigenvalue weighted by Crippen LogP contribution is -1.98. The van der Waals surface area contributed by atoms with Crippen LogP contribution < -0.4 is 0 Å². The summed E-state index contributed by atoms with van der Waals surface area (Å²) >= 11 is 2.91. The smallest absolute Gasteiger partial charge is 0.284 e. The fourth-order valence-corrected chi connectivity index (χ4v) is 1.79. The molecule has 6 heteroatoms. The Kier molecular flexibility index (Phi) is 2.85. The Morgan fingerprint density at radius 2 is 2.14 bits per heavy atom. The van der Waals surface area contributed by atoms with E-state index in [-0.39, 0.29) is 21.5 Å². The quantitative estimate of drug-likeness (QED) is 0.502. The zero-order chi connectivity index (χ0) is 10.9. The normalized spacial score (nSPS) is 9.86. The van der Waals surface area contributed by atoms with Gasteiger partial charge in [0.05, 0.1) is 10.5 Å². The van der Waals surface area contributed by atoms with E-state index < -0.39 is 10.7 Å². The van der Waals surface area contributed by atoms with Gasteiger partial charge in [0, 0.05) is 6.07 Å². The number of nitro groups is 1. The predicted octanol–water partition coefficient (Wildman–Crippen LogP) is 2.27. The van der Waals surface area contributed by atoms with Crippen molar-refractivity contribution in [3.05, 3.63) is 32.3 Å². The van der Waals surface area contributed by atoms with Crippen LogP contribution in [0.3, 0.4) is 0 Å². The number of aromatic hydroxyl groups is 1. The molecule has 0 heterocycles. The monoisotopic (exact) mass is 259 g/mol. The maximum absolute atomic E-state index is 11.0. The van der Waals surface area contributed by atoms with Crippen LogP contribution in [-0.4, -0.2) is 15.8 Å². The number of nitrogens with zero attached hydrogens (tertiary/aromatic N) is 1. The van der Waals surface area contributed by atoms with Crippen LogP contribution in [0.4, 0.5) is 5.69 Å². The van der Waals surface area contributed by atoms with Crippen molar-refractivity contribution in [2.45, 2.75) is 6.92 Å². The molecule has 0 amide bonds. The predicted molar refractivity (Wildman–Crippen MR) is 52.5 cm³/mol. The Labute approximate surface area is 87.6 Å². The highest BCUT2D eigenvalue weighted by Crippen LogP contribution is 2.34. The number of carbonyl (C=O) groups excluding carboxylic acids is 1. The van der Waals surface area contributed by atoms with E-state index in [1.165, 1.54) is 6.92 Å². The van der Waals surface area contributed by atoms with E-state index in [2.05, 4.69) is 15.9 Å². The van der Waals surface area contributed by atoms with E-state index in [0.29, 0.717) is 0 Å². The lowest BCUT2D eigenvalue weighted by atomic mass is 10.1. The van der Waals surface area contributed by atoms with Gasteiger partial charge in [-0.25, -0.2) is 0 Å². The molecule has 1 rings (SSSR count). The molecule has 5 nitrogen and oxygen atoms in total. The number of carbonyl (C=O) groups is 1. The number of hydrogen-bond donors (Lipinski definition) is 1. The molecule has 0 aliphatic carbocycles. The average molecular weight is 260 g/mol. The van der Waals surface area contributed by atoms with Crippen LogP contribution in [0.25, 0.3) is 0 Å². The lowest BCUT2D eigenvalue weighted by Gasteiger charge is -2.03. The third-order valence-corrected chi connectivity index (χ3v) is 2.45. The van der Waals surface area contributed by atoms with Gasteiger partial charge in [0.1, 0.15) is 10.2 Å². The van der Waals surface area contributed by atoms with Crippen LogP contribution in [0.2, 0.25) is 0 Å². The maximum Gasteiger partial charge on any atom is 0.284 e. The second-order valence-electron chi connectivity index (χ2n) is 2.61. The third kappa shape index (κ3) is 1.74. The molecule has 0 radical (unpaired) electrons. The van der Waals surface area contributed by atoms with Gasteiger partial charge < -0.3 is 5.11 Å². The van der Waals surface area contributed by atoms with Gasteiger partial charge in [-0.05, 0) is 28.9 Å². The molecular weight excluding hydrogens is 254 g/mol. The lowest BCUT2D eigenvalue weighted by molar-refractivity contribution is -0.385. The van der Waals surface area contributed by atoms with E-state index in [1.54, 1.807) is 0 Å². The summed E-state index contributed by atoms with van der Waals surface area (Å²) in [4.78, 5) is 20.9. The van der Waals surface area contributed by atoms with Gasteiger partial charge in [-0.15, -0.1) is 0 Å². The van der Waals surface area contributed by atoms with Gasteiger partial charge in [0.25, 0.3) is 5.69 Å². The number of Topliss-reactive ketones (excluding diaryl/α,β-unsaturated/α-hetero) is 1. The number of halogens is 1. The van der Waals surface area contributed by atoms with Gasteiger partial charge in [0.15, 0.2) is 5.78 Å². The minimum Gasteiger partial charge on any atom is -0.507 e. The highest BCUT2D eigenvalue weighted by molar-refractivity contribution is 9.10. The van der Waals surface area contributed by atoms with Gasteiger partial charge >= 0.3 is 0 Å². The fraction of sp³-hybridized carbons (Fsp3) is 0.125. The molecule has 0 spiro atoms. The zero-order valence-corrected chi connectivity index (χ0v) is 8.74. The first-order chi connectivity index (χ1) is 6.45. The molecule has 0 aliphatic heterocycles. The van der Waals surface area contributed by atoms with Crippen molar-refractivity contribution in [1.29, 1.82) is 0 Å². The molecule has 1 N–H and O–H groups in total. The molecule has 14 heavy (non-hydrogen) atoms. The summed E-state index contributed by atoms with van der Waals surface area (Å²) in [6.07, 6.45) is 0. The number of hydrogen-bond acceptors (Lipinski definition) is 4. The largest absolute Gasteiger partial charge is 0.507 e. The van der Waals surface area contributed by atoms with Crippen LogP contribution in [0.5, 0.6) is 5.75 Å². The molecule has 0 atom stereocenters. The van der Waals surface area contributed by atoms with Crippen molar-refractivity contribution in [3.63, 3.8) is 0 Å². The summed E-state index contributed by atoms with van der Waals surface area (Å²) in [6, 6.07) is 2.26. The first kappa shape index (κ1) is 10.6. The van der Waals surface area contributed by atoms with Gasteiger partial charge in [-0.2, -0.15) is 0 Å². The molecule has 74 valence electrons. The van der Waals surface area contributed by atoms with Crippen LogP contribution >= 0.6 is 15.9 Å². The molecule has 0 aliphatic rings. The molecule has 1 aromatic carbocycles. The summed E-state index contributed by atoms with van der Waals surface area (Å²) in [5, 5.41) is 19.8. The molecule has 0 saturated heterocycles. The Balaban J connectivity index is 3.49. The number of rotatable bonds is 2. The zero-order valence-electron chi connectivity index (χ0n) is 7.15. The topological polar surface area (TPSA) is 80.4 Å². The number of benzene rings is 1. The van der Waals surface area contributed by atoms with E-state index in [4.69, 9.17) is 0 Å². The van der Waals surface area contributed by atoms with Crippen molar-refractivity contribution in [2.75, 3.05) is 0 Å². The minimum absolute atomic E-state index is 0.00926. The number of ketones is 1. The first-order valence-corrected chi connectivity index (χ1v) is 4.41. The Morgan fingerprint density at radius 1 is 1.57 bits per heavy atom. The SMILES string of the molecule is CC(=O)c1c(O)ccc([N+](=O)[O-])c1Br. The highest BCUT2D eigenvalue weighted by Gasteiger charge is 2.20. The molecule has 0 fully saturated rings. The van der Waals surface area contributed by atoms with E-state index in [9.17, 15) is 20.0 Å². The highest BCUT2D eigenvalue weighted by atomic mass is 79.9. The minimum atomic E-state index is -0.629. The summed E-state index contributed by atoms with van der Waals surface area (Å²) in [5.41, 5.74) is -0.313. The van der Waals surface area contributed by atoms with E-state index in [1.807, 2.05) is 0 Å². The Hall–Kier alpha value is -1.43. The second kappa shape index (κ2) is 3.75. The molecule has 1 aromatic rings. The summed E-state index contributed by atoms with van der Waals surface area (Å²) in [7, 11) is 0. The number of nitro benzene ring substituents is 1. The summed E-state index contributed by atoms with van der Waals surface area (Å²) < 4.78 is 0.00926. The maximum atomic E-state index is 11.0. The molecule has 0 saturated carbocycles. The van der Waals surface area contributed by atoms with Crippen LogP contribution in [0, 0.1) is 10.1 Å². The second-order valence-corrected chi connectivity index (χ2v) is 3.40. The van der Waals surface area contributed by atoms with Gasteiger partial charge in [0.2, 0.25) is 0 Å². The fourth-order valence-electron chi connectivity index (χ4n) is 1.03. The number of phenols is 1. The van der Waals surface area contributed by atoms with Crippen LogP contribution in [0.1, 0.15) is 17.3 Å². The van der Waals surface area contributed by atoms with Crippen molar-refractivity contribution in [1.82, 2.24) is 0 Å². The average Bonchev–Trinajstić information content (AvgIpc) is 2.02. The Bertz CT molecular complexity index is 416. The first-order valence-electron chi connectivity index (χ1n) is 3.62. The van der Waals surface area contributed by atoms with E-state index in [0.717, 1.165) is 12.1 Å². The van der Waals surface area contributed by atoms with Crippen LogP contribution in [0.15, 0.2) is 16.6 Å². The van der Waals surface area contributed by atoms with Gasteiger partial charge in [-0.1, -0.05) is 0 Å². The Morgan fingerprint density at radius 3 is 2.57 bits per heavy atom. The number of phenolic OH excluding ortho intramolecular Hbond substituents is 1. The summed E-state index contributed by atoms with van der Waals surface area (Å²) in [5.74, 6) is -0.701.